The molecule has 0 N–H and O–H groups in total. The number of hydrogen-bond donors (Lipinski definition) is 0. The zero-order chi connectivity index (χ0) is 24.1. The highest BCUT2D eigenvalue weighted by Gasteiger charge is 2.29. The van der Waals surface area contributed by atoms with Gasteiger partial charge in [-0.2, -0.15) is 13.2 Å². The molecule has 4 rings (SSSR count). The van der Waals surface area contributed by atoms with Gasteiger partial charge in [0.25, 0.3) is 0 Å². The number of aromatic nitrogens is 1. The SMILES string of the molecule is CN(C)Cc1c(OCC(F)(F)F)ccc2c(CCC3CCN(Cc4ccccc4)CC3)noc12.Cl.Cl. The van der Waals surface area contributed by atoms with Crippen LogP contribution in [0.3, 0.4) is 0 Å². The third-order valence-electron chi connectivity index (χ3n) is 6.39. The lowest BCUT2D eigenvalue weighted by Crippen LogP contribution is -2.33. The summed E-state index contributed by atoms with van der Waals surface area (Å²) in [5, 5.41) is 5.15. The number of fused-ring (bicyclic) bond motifs is 1. The largest absolute Gasteiger partial charge is 0.484 e. The zero-order valence-electron chi connectivity index (χ0n) is 20.6. The smallest absolute Gasteiger partial charge is 0.422 e. The van der Waals surface area contributed by atoms with Crippen LogP contribution in [0, 0.1) is 5.92 Å². The Morgan fingerprint density at radius 3 is 2.39 bits per heavy atom. The van der Waals surface area contributed by atoms with E-state index >= 15 is 0 Å². The highest BCUT2D eigenvalue weighted by molar-refractivity contribution is 5.86. The molecular weight excluding hydrogens is 514 g/mol. The standard InChI is InChI=1S/C26H32F3N3O2.2ClH/c1-31(2)17-22-24(33-18-26(27,28)29)11-9-21-23(30-34-25(21)22)10-8-19-12-14-32(15-13-19)16-20-6-4-3-5-7-20;;/h3-7,9,11,19H,8,10,12-18H2,1-2H3;2*1H. The van der Waals surface area contributed by atoms with Crippen molar-refractivity contribution in [3.63, 3.8) is 0 Å². The van der Waals surface area contributed by atoms with Gasteiger partial charge in [0, 0.05) is 18.5 Å². The molecule has 1 aliphatic rings. The van der Waals surface area contributed by atoms with Crippen molar-refractivity contribution in [3.05, 3.63) is 59.3 Å². The van der Waals surface area contributed by atoms with E-state index in [-0.39, 0.29) is 30.6 Å². The molecule has 1 saturated heterocycles. The fraction of sp³-hybridized carbons (Fsp3) is 0.500. The Labute approximate surface area is 222 Å². The number of hydrogen-bond acceptors (Lipinski definition) is 5. The molecule has 0 saturated carbocycles. The maximum Gasteiger partial charge on any atom is 0.422 e. The van der Waals surface area contributed by atoms with Crippen molar-refractivity contribution in [2.24, 2.45) is 5.92 Å². The van der Waals surface area contributed by atoms with Crippen molar-refractivity contribution >= 4 is 35.8 Å². The number of alkyl halides is 3. The van der Waals surface area contributed by atoms with Crippen LogP contribution in [0.4, 0.5) is 13.2 Å². The predicted molar refractivity (Wildman–Crippen MR) is 140 cm³/mol. The summed E-state index contributed by atoms with van der Waals surface area (Å²) in [6.45, 7) is 2.24. The minimum Gasteiger partial charge on any atom is -0.484 e. The molecular formula is C26H34Cl2F3N3O2. The second kappa shape index (κ2) is 13.5. The topological polar surface area (TPSA) is 41.7 Å². The Kier molecular flexibility index (Phi) is 11.3. The van der Waals surface area contributed by atoms with Gasteiger partial charge in [0.2, 0.25) is 0 Å². The summed E-state index contributed by atoms with van der Waals surface area (Å²) < 4.78 is 48.8. The first-order valence-electron chi connectivity index (χ1n) is 11.8. The van der Waals surface area contributed by atoms with Gasteiger partial charge in [0.15, 0.2) is 12.2 Å². The minimum absolute atomic E-state index is 0. The molecule has 10 heteroatoms. The fourth-order valence-electron chi connectivity index (χ4n) is 4.65. The summed E-state index contributed by atoms with van der Waals surface area (Å²) >= 11 is 0. The van der Waals surface area contributed by atoms with Crippen molar-refractivity contribution in [1.82, 2.24) is 15.0 Å². The van der Waals surface area contributed by atoms with E-state index in [1.807, 2.05) is 25.1 Å². The molecule has 0 amide bonds. The van der Waals surface area contributed by atoms with Crippen LogP contribution >= 0.6 is 24.8 Å². The van der Waals surface area contributed by atoms with Crippen LogP contribution in [-0.4, -0.2) is 54.9 Å². The van der Waals surface area contributed by atoms with Crippen LogP contribution in [0.15, 0.2) is 47.0 Å². The Balaban J connectivity index is 0.00000228. The van der Waals surface area contributed by atoms with Crippen molar-refractivity contribution < 1.29 is 22.4 Å². The first kappa shape index (κ1) is 30.2. The molecule has 0 radical (unpaired) electrons. The number of halogens is 5. The molecule has 5 nitrogen and oxygen atoms in total. The first-order valence-corrected chi connectivity index (χ1v) is 11.8. The Morgan fingerprint density at radius 1 is 1.06 bits per heavy atom. The number of likely N-dealkylation sites (tertiary alicyclic amines) is 1. The van der Waals surface area contributed by atoms with E-state index in [0.717, 1.165) is 56.4 Å². The average molecular weight is 548 g/mol. The molecule has 1 fully saturated rings. The van der Waals surface area contributed by atoms with Gasteiger partial charge in [0.05, 0.1) is 11.3 Å². The van der Waals surface area contributed by atoms with Gasteiger partial charge in [-0.1, -0.05) is 35.5 Å². The second-order valence-corrected chi connectivity index (χ2v) is 9.43. The number of aryl methyl sites for hydroxylation is 1. The quantitative estimate of drug-likeness (QED) is 0.305. The van der Waals surface area contributed by atoms with Gasteiger partial charge in [-0.3, -0.25) is 4.90 Å². The van der Waals surface area contributed by atoms with Gasteiger partial charge in [-0.25, -0.2) is 0 Å². The molecule has 36 heavy (non-hydrogen) atoms. The molecule has 200 valence electrons. The van der Waals surface area contributed by atoms with E-state index in [1.54, 1.807) is 12.1 Å². The summed E-state index contributed by atoms with van der Waals surface area (Å²) in [5.74, 6) is 0.821. The maximum absolute atomic E-state index is 12.7. The van der Waals surface area contributed by atoms with E-state index in [2.05, 4.69) is 34.3 Å². The lowest BCUT2D eigenvalue weighted by molar-refractivity contribution is -0.153. The van der Waals surface area contributed by atoms with Gasteiger partial charge >= 0.3 is 6.18 Å². The van der Waals surface area contributed by atoms with Crippen LogP contribution in [0.25, 0.3) is 11.0 Å². The fourth-order valence-corrected chi connectivity index (χ4v) is 4.65. The first-order chi connectivity index (χ1) is 16.3. The van der Waals surface area contributed by atoms with Crippen LogP contribution in [0.2, 0.25) is 0 Å². The molecule has 0 bridgehead atoms. The number of rotatable bonds is 9. The molecule has 2 aromatic carbocycles. The van der Waals surface area contributed by atoms with Crippen LogP contribution in [0.5, 0.6) is 5.75 Å². The molecule has 0 spiro atoms. The second-order valence-electron chi connectivity index (χ2n) is 9.43. The summed E-state index contributed by atoms with van der Waals surface area (Å²) in [7, 11) is 3.71. The molecule has 2 heterocycles. The highest BCUT2D eigenvalue weighted by atomic mass is 35.5. The number of nitrogens with zero attached hydrogens (tertiary/aromatic N) is 3. The van der Waals surface area contributed by atoms with Gasteiger partial charge in [-0.15, -0.1) is 24.8 Å². The molecule has 1 aromatic heterocycles. The van der Waals surface area contributed by atoms with E-state index < -0.39 is 12.8 Å². The Morgan fingerprint density at radius 2 is 1.75 bits per heavy atom. The zero-order valence-corrected chi connectivity index (χ0v) is 22.2. The molecule has 3 aromatic rings. The molecule has 0 aliphatic carbocycles. The summed E-state index contributed by atoms with van der Waals surface area (Å²) in [6.07, 6.45) is -0.266. The van der Waals surface area contributed by atoms with Crippen LogP contribution in [-0.2, 0) is 19.5 Å². The molecule has 1 aliphatic heterocycles. The van der Waals surface area contributed by atoms with Crippen molar-refractivity contribution in [2.45, 2.75) is 44.9 Å². The van der Waals surface area contributed by atoms with E-state index in [1.165, 1.54) is 5.56 Å². The monoisotopic (exact) mass is 547 g/mol. The lowest BCUT2D eigenvalue weighted by Gasteiger charge is -2.31. The number of piperidine rings is 1. The van der Waals surface area contributed by atoms with Crippen LogP contribution in [0.1, 0.15) is 36.1 Å². The van der Waals surface area contributed by atoms with E-state index in [9.17, 15) is 13.2 Å². The highest BCUT2D eigenvalue weighted by Crippen LogP contribution is 2.33. The van der Waals surface area contributed by atoms with Crippen LogP contribution < -0.4 is 4.74 Å². The number of ether oxygens (including phenoxy) is 1. The van der Waals surface area contributed by atoms with Crippen molar-refractivity contribution in [2.75, 3.05) is 33.8 Å². The summed E-state index contributed by atoms with van der Waals surface area (Å²) in [6, 6.07) is 13.9. The Hall–Kier alpha value is -2.00. The minimum atomic E-state index is -4.40. The average Bonchev–Trinajstić information content (AvgIpc) is 3.21. The van der Waals surface area contributed by atoms with Gasteiger partial charge in [-0.05, 0) is 76.5 Å². The van der Waals surface area contributed by atoms with Gasteiger partial charge in [0.1, 0.15) is 5.75 Å². The third kappa shape index (κ3) is 8.26. The Bertz CT molecular complexity index is 1070. The normalized spacial score (nSPS) is 15.1. The predicted octanol–water partition coefficient (Wildman–Crippen LogP) is 6.52. The molecule has 0 atom stereocenters. The van der Waals surface area contributed by atoms with Crippen molar-refractivity contribution in [1.29, 1.82) is 0 Å². The maximum atomic E-state index is 12.7. The molecule has 0 unspecified atom stereocenters. The van der Waals surface area contributed by atoms with E-state index in [0.29, 0.717) is 23.6 Å². The van der Waals surface area contributed by atoms with Crippen molar-refractivity contribution in [3.8, 4) is 5.75 Å². The number of benzene rings is 2. The van der Waals surface area contributed by atoms with Gasteiger partial charge < -0.3 is 14.2 Å². The third-order valence-corrected chi connectivity index (χ3v) is 6.39. The lowest BCUT2D eigenvalue weighted by atomic mass is 9.91. The van der Waals surface area contributed by atoms with E-state index in [4.69, 9.17) is 9.26 Å². The summed E-state index contributed by atoms with van der Waals surface area (Å²) in [4.78, 5) is 4.38. The summed E-state index contributed by atoms with van der Waals surface area (Å²) in [5.41, 5.74) is 3.33.